The first-order valence-corrected chi connectivity index (χ1v) is 8.88. The summed E-state index contributed by atoms with van der Waals surface area (Å²) < 4.78 is 11.0. The third kappa shape index (κ3) is 2.99. The molecule has 3 aromatic rings. The monoisotopic (exact) mass is 345 g/mol. The molecule has 0 aromatic carbocycles. The fraction of sp³-hybridized carbons (Fsp3) is 0.500. The van der Waals surface area contributed by atoms with Gasteiger partial charge in [0.15, 0.2) is 5.82 Å². The van der Waals surface area contributed by atoms with Gasteiger partial charge in [-0.2, -0.15) is 4.98 Å². The van der Waals surface area contributed by atoms with E-state index in [1.165, 1.54) is 4.88 Å². The van der Waals surface area contributed by atoms with Gasteiger partial charge in [-0.25, -0.2) is 9.97 Å². The average molecular weight is 345 g/mol. The second-order valence-electron chi connectivity index (χ2n) is 6.05. The van der Waals surface area contributed by atoms with Gasteiger partial charge in [-0.05, 0) is 38.7 Å². The van der Waals surface area contributed by atoms with Crippen LogP contribution in [0.5, 0.6) is 0 Å². The van der Waals surface area contributed by atoms with Crippen LogP contribution >= 0.6 is 11.3 Å². The number of nitrogens with zero attached hydrogens (tertiary/aromatic N) is 4. The number of nitrogens with one attached hydrogen (secondary N) is 1. The van der Waals surface area contributed by atoms with Crippen molar-refractivity contribution in [3.8, 4) is 0 Å². The molecule has 1 fully saturated rings. The van der Waals surface area contributed by atoms with Crippen molar-refractivity contribution in [3.05, 3.63) is 29.0 Å². The summed E-state index contributed by atoms with van der Waals surface area (Å²) in [6, 6.07) is 2.04. The zero-order valence-electron chi connectivity index (χ0n) is 13.7. The molecule has 0 bridgehead atoms. The number of aryl methyl sites for hydroxylation is 2. The van der Waals surface area contributed by atoms with Gasteiger partial charge in [0, 0.05) is 18.1 Å². The fourth-order valence-electron chi connectivity index (χ4n) is 3.11. The lowest BCUT2D eigenvalue weighted by molar-refractivity contribution is 0.0571. The van der Waals surface area contributed by atoms with E-state index in [2.05, 4.69) is 38.4 Å². The molecule has 0 aliphatic carbocycles. The molecule has 3 aromatic heterocycles. The largest absolute Gasteiger partial charge is 0.381 e. The highest BCUT2D eigenvalue weighted by Gasteiger charge is 2.30. The van der Waals surface area contributed by atoms with Crippen molar-refractivity contribution in [1.82, 2.24) is 20.1 Å². The Labute approximate surface area is 143 Å². The Hall–Kier alpha value is -2.06. The van der Waals surface area contributed by atoms with Crippen LogP contribution in [0, 0.1) is 19.8 Å². The SMILES string of the molecule is Cc1noc(C(Nc2ncnc3sc(C)cc23)C2CCOCC2)n1. The number of thiophene rings is 1. The molecule has 1 saturated heterocycles. The minimum atomic E-state index is -0.0755. The Morgan fingerprint density at radius 3 is 2.83 bits per heavy atom. The average Bonchev–Trinajstić information content (AvgIpc) is 3.18. The number of anilines is 1. The van der Waals surface area contributed by atoms with E-state index in [-0.39, 0.29) is 6.04 Å². The molecule has 8 heteroatoms. The summed E-state index contributed by atoms with van der Waals surface area (Å²) in [6.45, 7) is 5.42. The highest BCUT2D eigenvalue weighted by molar-refractivity contribution is 7.18. The summed E-state index contributed by atoms with van der Waals surface area (Å²) in [7, 11) is 0. The van der Waals surface area contributed by atoms with E-state index in [4.69, 9.17) is 9.26 Å². The molecule has 0 amide bonds. The Morgan fingerprint density at radius 2 is 2.08 bits per heavy atom. The second kappa shape index (κ2) is 6.45. The maximum Gasteiger partial charge on any atom is 0.249 e. The zero-order chi connectivity index (χ0) is 16.5. The summed E-state index contributed by atoms with van der Waals surface area (Å²) in [6.07, 6.45) is 3.51. The van der Waals surface area contributed by atoms with Crippen LogP contribution in [-0.2, 0) is 4.74 Å². The van der Waals surface area contributed by atoms with Crippen LogP contribution in [0.2, 0.25) is 0 Å². The van der Waals surface area contributed by atoms with Gasteiger partial charge >= 0.3 is 0 Å². The van der Waals surface area contributed by atoms with Crippen LogP contribution in [0.3, 0.4) is 0 Å². The first-order chi connectivity index (χ1) is 11.7. The van der Waals surface area contributed by atoms with Crippen molar-refractivity contribution in [2.24, 2.45) is 5.92 Å². The van der Waals surface area contributed by atoms with Gasteiger partial charge in [-0.1, -0.05) is 5.16 Å². The van der Waals surface area contributed by atoms with E-state index in [1.807, 2.05) is 6.92 Å². The molecule has 1 aliphatic heterocycles. The van der Waals surface area contributed by atoms with E-state index in [9.17, 15) is 0 Å². The number of ether oxygens (including phenoxy) is 1. The Kier molecular flexibility index (Phi) is 4.15. The maximum atomic E-state index is 5.50. The van der Waals surface area contributed by atoms with Crippen LogP contribution < -0.4 is 5.32 Å². The standard InChI is InChI=1S/C16H19N5O2S/c1-9-7-12-14(17-8-18-16(12)24-9)20-13(11-3-5-22-6-4-11)15-19-10(2)21-23-15/h7-8,11,13H,3-6H2,1-2H3,(H,17,18,20). The lowest BCUT2D eigenvalue weighted by atomic mass is 9.91. The molecule has 0 radical (unpaired) electrons. The minimum Gasteiger partial charge on any atom is -0.381 e. The van der Waals surface area contributed by atoms with Crippen LogP contribution in [0.1, 0.15) is 35.5 Å². The molecule has 24 heavy (non-hydrogen) atoms. The molecular weight excluding hydrogens is 326 g/mol. The van der Waals surface area contributed by atoms with E-state index in [0.29, 0.717) is 17.6 Å². The van der Waals surface area contributed by atoms with Gasteiger partial charge in [0.2, 0.25) is 5.89 Å². The highest BCUT2D eigenvalue weighted by Crippen LogP contribution is 2.35. The fourth-order valence-corrected chi connectivity index (χ4v) is 3.96. The lowest BCUT2D eigenvalue weighted by Crippen LogP contribution is -2.27. The number of aromatic nitrogens is 4. The van der Waals surface area contributed by atoms with Crippen molar-refractivity contribution in [1.29, 1.82) is 0 Å². The minimum absolute atomic E-state index is 0.0755. The van der Waals surface area contributed by atoms with Crippen molar-refractivity contribution >= 4 is 27.4 Å². The molecule has 0 saturated carbocycles. The van der Waals surface area contributed by atoms with Crippen molar-refractivity contribution in [2.45, 2.75) is 32.7 Å². The van der Waals surface area contributed by atoms with Crippen LogP contribution in [0.25, 0.3) is 10.2 Å². The summed E-state index contributed by atoms with van der Waals surface area (Å²) in [5, 5.41) is 8.53. The van der Waals surface area contributed by atoms with Gasteiger partial charge in [0.1, 0.15) is 23.0 Å². The topological polar surface area (TPSA) is 86.0 Å². The Bertz CT molecular complexity index is 840. The quantitative estimate of drug-likeness (QED) is 0.776. The molecule has 7 nitrogen and oxygen atoms in total. The van der Waals surface area contributed by atoms with E-state index in [1.54, 1.807) is 17.7 Å². The molecule has 4 heterocycles. The van der Waals surface area contributed by atoms with Crippen LogP contribution in [-0.4, -0.2) is 33.3 Å². The van der Waals surface area contributed by atoms with E-state index < -0.39 is 0 Å². The Morgan fingerprint density at radius 1 is 1.25 bits per heavy atom. The van der Waals surface area contributed by atoms with Crippen molar-refractivity contribution in [2.75, 3.05) is 18.5 Å². The van der Waals surface area contributed by atoms with E-state index in [0.717, 1.165) is 42.1 Å². The van der Waals surface area contributed by atoms with Gasteiger partial charge in [-0.15, -0.1) is 11.3 Å². The lowest BCUT2D eigenvalue weighted by Gasteiger charge is -2.29. The van der Waals surface area contributed by atoms with Crippen molar-refractivity contribution < 1.29 is 9.26 Å². The van der Waals surface area contributed by atoms with E-state index >= 15 is 0 Å². The number of hydrogen-bond acceptors (Lipinski definition) is 8. The summed E-state index contributed by atoms with van der Waals surface area (Å²) in [5.41, 5.74) is 0. The molecule has 4 rings (SSSR count). The number of fused-ring (bicyclic) bond motifs is 1. The van der Waals surface area contributed by atoms with Crippen LogP contribution in [0.15, 0.2) is 16.9 Å². The third-order valence-electron chi connectivity index (χ3n) is 4.29. The summed E-state index contributed by atoms with van der Waals surface area (Å²) >= 11 is 1.67. The first-order valence-electron chi connectivity index (χ1n) is 8.06. The predicted molar refractivity (Wildman–Crippen MR) is 91.1 cm³/mol. The summed E-state index contributed by atoms with van der Waals surface area (Å²) in [5.74, 6) is 2.43. The number of hydrogen-bond donors (Lipinski definition) is 1. The predicted octanol–water partition coefficient (Wildman–Crippen LogP) is 3.27. The Balaban J connectivity index is 1.70. The molecule has 1 N–H and O–H groups in total. The van der Waals surface area contributed by atoms with Gasteiger partial charge in [-0.3, -0.25) is 0 Å². The zero-order valence-corrected chi connectivity index (χ0v) is 14.5. The third-order valence-corrected chi connectivity index (χ3v) is 5.25. The first kappa shape index (κ1) is 15.5. The van der Waals surface area contributed by atoms with Gasteiger partial charge in [0.25, 0.3) is 0 Å². The smallest absolute Gasteiger partial charge is 0.249 e. The molecular formula is C16H19N5O2S. The molecule has 1 aliphatic rings. The maximum absolute atomic E-state index is 5.50. The van der Waals surface area contributed by atoms with Crippen molar-refractivity contribution in [3.63, 3.8) is 0 Å². The van der Waals surface area contributed by atoms with Gasteiger partial charge < -0.3 is 14.6 Å². The highest BCUT2D eigenvalue weighted by atomic mass is 32.1. The normalized spacial score (nSPS) is 17.2. The van der Waals surface area contributed by atoms with Gasteiger partial charge in [0.05, 0.1) is 5.39 Å². The summed E-state index contributed by atoms with van der Waals surface area (Å²) in [4.78, 5) is 15.4. The molecule has 126 valence electrons. The molecule has 1 atom stereocenters. The number of rotatable bonds is 4. The van der Waals surface area contributed by atoms with Crippen LogP contribution in [0.4, 0.5) is 5.82 Å². The molecule has 1 unspecified atom stereocenters. The molecule has 0 spiro atoms. The second-order valence-corrected chi connectivity index (χ2v) is 7.28.